The van der Waals surface area contributed by atoms with Crippen molar-refractivity contribution in [3.05, 3.63) is 52.8 Å². The molecule has 2 aromatic carbocycles. The molecule has 0 aliphatic carbocycles. The minimum atomic E-state index is -3.33. The lowest BCUT2D eigenvalue weighted by atomic mass is 10.2. The third-order valence-corrected chi connectivity index (χ3v) is 6.19. The van der Waals surface area contributed by atoms with E-state index in [1.165, 1.54) is 35.7 Å². The number of carbonyl (C=O) groups is 1. The lowest BCUT2D eigenvalue weighted by Gasteiger charge is -2.19. The van der Waals surface area contributed by atoms with E-state index in [1.54, 1.807) is 6.07 Å². The maximum Gasteiger partial charge on any atom is 0.260 e. The van der Waals surface area contributed by atoms with Crippen LogP contribution < -0.4 is 14.4 Å². The Hall–Kier alpha value is -2.32. The second-order valence-corrected chi connectivity index (χ2v) is 8.10. The van der Waals surface area contributed by atoms with Crippen molar-refractivity contribution < 1.29 is 22.3 Å². The number of rotatable bonds is 4. The SMILES string of the molecule is COc1cc(N2CCCS2(=O)=O)ccc1NC(=O)c1c(F)cccc1Cl. The molecule has 1 heterocycles. The van der Waals surface area contributed by atoms with Crippen molar-refractivity contribution >= 4 is 38.9 Å². The first kappa shape index (κ1) is 18.5. The van der Waals surface area contributed by atoms with Crippen LogP contribution in [0.1, 0.15) is 16.8 Å². The largest absolute Gasteiger partial charge is 0.494 e. The van der Waals surface area contributed by atoms with Gasteiger partial charge in [0.25, 0.3) is 5.91 Å². The average molecular weight is 399 g/mol. The Kier molecular flexibility index (Phi) is 5.06. The molecule has 0 atom stereocenters. The number of hydrogen-bond donors (Lipinski definition) is 1. The number of ether oxygens (including phenoxy) is 1. The summed E-state index contributed by atoms with van der Waals surface area (Å²) in [6, 6.07) is 8.54. The summed E-state index contributed by atoms with van der Waals surface area (Å²) < 4.78 is 44.5. The van der Waals surface area contributed by atoms with E-state index in [9.17, 15) is 17.6 Å². The van der Waals surface area contributed by atoms with Crippen molar-refractivity contribution in [3.63, 3.8) is 0 Å². The first-order valence-electron chi connectivity index (χ1n) is 7.77. The van der Waals surface area contributed by atoms with Crippen LogP contribution in [0.5, 0.6) is 5.75 Å². The summed E-state index contributed by atoms with van der Waals surface area (Å²) in [5.41, 5.74) is 0.445. The standard InChI is InChI=1S/C17H16ClFN2O4S/c1-25-15-10-11(21-8-3-9-26(21,23)24)6-7-14(15)20-17(22)16-12(18)4-2-5-13(16)19/h2,4-7,10H,3,8-9H2,1H3,(H,20,22). The molecule has 1 fully saturated rings. The van der Waals surface area contributed by atoms with E-state index < -0.39 is 21.7 Å². The number of methoxy groups -OCH3 is 1. The number of benzene rings is 2. The van der Waals surface area contributed by atoms with E-state index in [-0.39, 0.29) is 27.8 Å². The topological polar surface area (TPSA) is 75.7 Å². The lowest BCUT2D eigenvalue weighted by Crippen LogP contribution is -2.25. The van der Waals surface area contributed by atoms with Gasteiger partial charge < -0.3 is 10.1 Å². The monoisotopic (exact) mass is 398 g/mol. The van der Waals surface area contributed by atoms with Gasteiger partial charge in [-0.2, -0.15) is 0 Å². The third kappa shape index (κ3) is 3.47. The van der Waals surface area contributed by atoms with E-state index in [2.05, 4.69) is 5.32 Å². The normalized spacial score (nSPS) is 15.7. The highest BCUT2D eigenvalue weighted by Gasteiger charge is 2.29. The summed E-state index contributed by atoms with van der Waals surface area (Å²) in [4.78, 5) is 12.4. The summed E-state index contributed by atoms with van der Waals surface area (Å²) in [6.45, 7) is 0.391. The molecule has 1 aliphatic heterocycles. The van der Waals surface area contributed by atoms with E-state index in [0.717, 1.165) is 6.07 Å². The van der Waals surface area contributed by atoms with Crippen molar-refractivity contribution in [1.82, 2.24) is 0 Å². The van der Waals surface area contributed by atoms with Gasteiger partial charge in [-0.1, -0.05) is 17.7 Å². The Balaban J connectivity index is 1.90. The number of carbonyl (C=O) groups excluding carboxylic acids is 1. The first-order chi connectivity index (χ1) is 12.3. The second kappa shape index (κ2) is 7.13. The molecule has 0 aromatic heterocycles. The minimum Gasteiger partial charge on any atom is -0.494 e. The Morgan fingerprint density at radius 3 is 2.69 bits per heavy atom. The van der Waals surface area contributed by atoms with Crippen LogP contribution in [-0.4, -0.2) is 33.7 Å². The van der Waals surface area contributed by atoms with E-state index >= 15 is 0 Å². The van der Waals surface area contributed by atoms with Gasteiger partial charge in [-0.05, 0) is 30.7 Å². The highest BCUT2D eigenvalue weighted by Crippen LogP contribution is 2.33. The van der Waals surface area contributed by atoms with Crippen molar-refractivity contribution in [2.24, 2.45) is 0 Å². The van der Waals surface area contributed by atoms with Gasteiger partial charge in [0, 0.05) is 12.6 Å². The molecule has 1 amide bonds. The van der Waals surface area contributed by atoms with Crippen LogP contribution >= 0.6 is 11.6 Å². The molecule has 0 spiro atoms. The van der Waals surface area contributed by atoms with Crippen LogP contribution in [0.4, 0.5) is 15.8 Å². The molecule has 3 rings (SSSR count). The Labute approximate surface area is 155 Å². The number of amides is 1. The Bertz CT molecular complexity index is 945. The molecule has 1 aliphatic rings. The molecule has 1 saturated heterocycles. The highest BCUT2D eigenvalue weighted by molar-refractivity contribution is 7.93. The fourth-order valence-electron chi connectivity index (χ4n) is 2.77. The van der Waals surface area contributed by atoms with Crippen molar-refractivity contribution in [2.45, 2.75) is 6.42 Å². The summed E-state index contributed by atoms with van der Waals surface area (Å²) in [5.74, 6) is -1.12. The summed E-state index contributed by atoms with van der Waals surface area (Å²) in [5, 5.41) is 2.53. The van der Waals surface area contributed by atoms with Crippen LogP contribution in [0, 0.1) is 5.82 Å². The zero-order valence-corrected chi connectivity index (χ0v) is 15.4. The molecule has 0 unspecified atom stereocenters. The fourth-order valence-corrected chi connectivity index (χ4v) is 4.57. The molecule has 0 bridgehead atoms. The fraction of sp³-hybridized carbons (Fsp3) is 0.235. The zero-order chi connectivity index (χ0) is 18.9. The van der Waals surface area contributed by atoms with Gasteiger partial charge in [-0.3, -0.25) is 9.10 Å². The van der Waals surface area contributed by atoms with Gasteiger partial charge in [0.05, 0.1) is 34.8 Å². The molecule has 6 nitrogen and oxygen atoms in total. The van der Waals surface area contributed by atoms with Crippen LogP contribution in [-0.2, 0) is 10.0 Å². The van der Waals surface area contributed by atoms with Gasteiger partial charge in [-0.15, -0.1) is 0 Å². The molecular weight excluding hydrogens is 383 g/mol. The number of nitrogens with one attached hydrogen (secondary N) is 1. The van der Waals surface area contributed by atoms with Crippen LogP contribution in [0.25, 0.3) is 0 Å². The van der Waals surface area contributed by atoms with Gasteiger partial charge in [0.1, 0.15) is 11.6 Å². The molecule has 9 heteroatoms. The second-order valence-electron chi connectivity index (χ2n) is 5.68. The summed E-state index contributed by atoms with van der Waals surface area (Å²) in [6.07, 6.45) is 0.551. The van der Waals surface area contributed by atoms with Crippen LogP contribution in [0.15, 0.2) is 36.4 Å². The number of hydrogen-bond acceptors (Lipinski definition) is 4. The molecule has 1 N–H and O–H groups in total. The van der Waals surface area contributed by atoms with E-state index in [0.29, 0.717) is 18.7 Å². The van der Waals surface area contributed by atoms with Crippen molar-refractivity contribution in [1.29, 1.82) is 0 Å². The first-order valence-corrected chi connectivity index (χ1v) is 9.76. The van der Waals surface area contributed by atoms with Gasteiger partial charge in [-0.25, -0.2) is 12.8 Å². The van der Waals surface area contributed by atoms with E-state index in [4.69, 9.17) is 16.3 Å². The van der Waals surface area contributed by atoms with Crippen molar-refractivity contribution in [3.8, 4) is 5.75 Å². The molecule has 0 saturated carbocycles. The molecular formula is C17H16ClFN2O4S. The smallest absolute Gasteiger partial charge is 0.260 e. The average Bonchev–Trinajstić information content (AvgIpc) is 2.94. The summed E-state index contributed by atoms with van der Waals surface area (Å²) in [7, 11) is -1.94. The molecule has 26 heavy (non-hydrogen) atoms. The Morgan fingerprint density at radius 1 is 1.31 bits per heavy atom. The molecule has 138 valence electrons. The molecule has 0 radical (unpaired) electrons. The predicted octanol–water partition coefficient (Wildman–Crippen LogP) is 3.28. The zero-order valence-electron chi connectivity index (χ0n) is 13.8. The highest BCUT2D eigenvalue weighted by atomic mass is 35.5. The maximum absolute atomic E-state index is 13.9. The lowest BCUT2D eigenvalue weighted by molar-refractivity contribution is 0.102. The number of nitrogens with zero attached hydrogens (tertiary/aromatic N) is 1. The van der Waals surface area contributed by atoms with Crippen molar-refractivity contribution in [2.75, 3.05) is 29.0 Å². The van der Waals surface area contributed by atoms with Crippen LogP contribution in [0.3, 0.4) is 0 Å². The third-order valence-electron chi connectivity index (χ3n) is 4.01. The quantitative estimate of drug-likeness (QED) is 0.857. The maximum atomic E-state index is 13.9. The molecule has 2 aromatic rings. The van der Waals surface area contributed by atoms with Gasteiger partial charge in [0.15, 0.2) is 0 Å². The predicted molar refractivity (Wildman–Crippen MR) is 98.1 cm³/mol. The van der Waals surface area contributed by atoms with Crippen LogP contribution in [0.2, 0.25) is 5.02 Å². The number of halogens is 2. The minimum absolute atomic E-state index is 0.0127. The van der Waals surface area contributed by atoms with Gasteiger partial charge >= 0.3 is 0 Å². The van der Waals surface area contributed by atoms with Gasteiger partial charge in [0.2, 0.25) is 10.0 Å². The number of sulfonamides is 1. The Morgan fingerprint density at radius 2 is 2.08 bits per heavy atom. The van der Waals surface area contributed by atoms with E-state index in [1.807, 2.05) is 0 Å². The number of anilines is 2. The summed E-state index contributed by atoms with van der Waals surface area (Å²) >= 11 is 5.90.